The maximum absolute atomic E-state index is 11.9. The lowest BCUT2D eigenvalue weighted by Crippen LogP contribution is -2.57. The van der Waals surface area contributed by atoms with E-state index in [9.17, 15) is 35.1 Å². The first-order valence-corrected chi connectivity index (χ1v) is 7.74. The number of ether oxygens (including phenoxy) is 2. The largest absolute Gasteiger partial charge is 0.504 e. The molecule has 1 fully saturated rings. The molecule has 0 bridgehead atoms. The van der Waals surface area contributed by atoms with Gasteiger partial charge in [-0.15, -0.1) is 0 Å². The summed E-state index contributed by atoms with van der Waals surface area (Å²) >= 11 is 0. The lowest BCUT2D eigenvalue weighted by atomic mass is 9.79. The van der Waals surface area contributed by atoms with Crippen molar-refractivity contribution < 1.29 is 44.6 Å². The summed E-state index contributed by atoms with van der Waals surface area (Å²) in [6.07, 6.45) is -2.88. The van der Waals surface area contributed by atoms with Gasteiger partial charge >= 0.3 is 11.9 Å². The zero-order valence-corrected chi connectivity index (χ0v) is 13.9. The lowest BCUT2D eigenvalue weighted by molar-refractivity contribution is -0.198. The number of carbonyl (C=O) groups is 2. The Kier molecular flexibility index (Phi) is 5.86. The molecule has 4 atom stereocenters. The number of carbonyl (C=O) groups excluding carboxylic acids is 2. The van der Waals surface area contributed by atoms with Crippen molar-refractivity contribution in [2.45, 2.75) is 36.8 Å². The molecule has 9 heteroatoms. The van der Waals surface area contributed by atoms with Gasteiger partial charge in [0, 0.05) is 18.9 Å². The third-order valence-electron chi connectivity index (χ3n) is 4.11. The minimum Gasteiger partial charge on any atom is -0.504 e. The second-order valence-electron chi connectivity index (χ2n) is 6.05. The van der Waals surface area contributed by atoms with E-state index in [1.54, 1.807) is 0 Å². The van der Waals surface area contributed by atoms with Gasteiger partial charge in [0.15, 0.2) is 17.1 Å². The Morgan fingerprint density at radius 1 is 1.19 bits per heavy atom. The van der Waals surface area contributed by atoms with E-state index in [1.807, 2.05) is 0 Å². The van der Waals surface area contributed by atoms with Gasteiger partial charge in [-0.3, -0.25) is 0 Å². The summed E-state index contributed by atoms with van der Waals surface area (Å²) in [6.45, 7) is 0. The quantitative estimate of drug-likeness (QED) is 0.267. The van der Waals surface area contributed by atoms with Gasteiger partial charge in [0.25, 0.3) is 0 Å². The molecule has 0 aliphatic heterocycles. The maximum atomic E-state index is 11.9. The van der Waals surface area contributed by atoms with E-state index in [4.69, 9.17) is 4.74 Å². The van der Waals surface area contributed by atoms with Crippen molar-refractivity contribution in [3.63, 3.8) is 0 Å². The van der Waals surface area contributed by atoms with E-state index in [1.165, 1.54) is 24.3 Å². The van der Waals surface area contributed by atoms with Gasteiger partial charge in [-0.25, -0.2) is 9.59 Å². The molecule has 1 aliphatic carbocycles. The number of aliphatic hydroxyl groups excluding tert-OH is 2. The standard InChI is InChI=1S/C17H20O9/c1-25-16(23)17(24)7-12(20)15(22)13(8-17)26-14(21)5-3-9-2-4-10(18)11(19)6-9/h2-6,12-13,15,18-20,22,24H,7-8H2,1H3/b5-3+/t12?,13?,15?,17-/m0/s1. The van der Waals surface area contributed by atoms with Crippen LogP contribution in [0.25, 0.3) is 6.08 Å². The molecule has 0 radical (unpaired) electrons. The van der Waals surface area contributed by atoms with Crippen LogP contribution in [0.3, 0.4) is 0 Å². The van der Waals surface area contributed by atoms with Crippen LogP contribution in [-0.2, 0) is 19.1 Å². The fourth-order valence-electron chi connectivity index (χ4n) is 2.72. The smallest absolute Gasteiger partial charge is 0.338 e. The van der Waals surface area contributed by atoms with Crippen LogP contribution in [0.4, 0.5) is 0 Å². The number of hydrogen-bond donors (Lipinski definition) is 5. The van der Waals surface area contributed by atoms with Crippen LogP contribution in [0.15, 0.2) is 24.3 Å². The molecule has 0 amide bonds. The van der Waals surface area contributed by atoms with Crippen molar-refractivity contribution in [3.05, 3.63) is 29.8 Å². The highest BCUT2D eigenvalue weighted by atomic mass is 16.6. The van der Waals surface area contributed by atoms with Crippen LogP contribution < -0.4 is 0 Å². The summed E-state index contributed by atoms with van der Waals surface area (Å²) < 4.78 is 9.50. The van der Waals surface area contributed by atoms with Gasteiger partial charge in [-0.05, 0) is 23.8 Å². The molecule has 0 saturated heterocycles. The van der Waals surface area contributed by atoms with E-state index in [2.05, 4.69) is 4.74 Å². The molecular formula is C17H20O9. The van der Waals surface area contributed by atoms with Crippen LogP contribution >= 0.6 is 0 Å². The zero-order chi connectivity index (χ0) is 19.5. The van der Waals surface area contributed by atoms with E-state index < -0.39 is 48.7 Å². The number of benzene rings is 1. The Morgan fingerprint density at radius 2 is 1.88 bits per heavy atom. The normalized spacial score (nSPS) is 28.7. The summed E-state index contributed by atoms with van der Waals surface area (Å²) in [6, 6.07) is 3.89. The van der Waals surface area contributed by atoms with Gasteiger partial charge in [0.2, 0.25) is 0 Å². The monoisotopic (exact) mass is 368 g/mol. The second kappa shape index (κ2) is 7.73. The number of esters is 2. The Morgan fingerprint density at radius 3 is 2.50 bits per heavy atom. The van der Waals surface area contributed by atoms with Crippen molar-refractivity contribution in [1.29, 1.82) is 0 Å². The molecule has 1 aromatic rings. The Hall–Kier alpha value is -2.62. The summed E-state index contributed by atoms with van der Waals surface area (Å²) in [7, 11) is 1.06. The molecule has 9 nitrogen and oxygen atoms in total. The third-order valence-corrected chi connectivity index (χ3v) is 4.11. The number of phenols is 2. The predicted molar refractivity (Wildman–Crippen MR) is 86.9 cm³/mol. The minimum atomic E-state index is -2.08. The summed E-state index contributed by atoms with van der Waals surface area (Å²) in [5, 5.41) is 48.7. The minimum absolute atomic E-state index is 0.314. The van der Waals surface area contributed by atoms with Crippen LogP contribution in [0.5, 0.6) is 11.5 Å². The van der Waals surface area contributed by atoms with Crippen LogP contribution in [0.1, 0.15) is 18.4 Å². The van der Waals surface area contributed by atoms with E-state index >= 15 is 0 Å². The zero-order valence-electron chi connectivity index (χ0n) is 13.9. The van der Waals surface area contributed by atoms with Gasteiger partial charge in [-0.1, -0.05) is 6.07 Å². The highest BCUT2D eigenvalue weighted by Gasteiger charge is 2.50. The van der Waals surface area contributed by atoms with Gasteiger partial charge < -0.3 is 35.0 Å². The molecule has 1 aliphatic rings. The van der Waals surface area contributed by atoms with Gasteiger partial charge in [-0.2, -0.15) is 0 Å². The molecule has 3 unspecified atom stereocenters. The first-order chi connectivity index (χ1) is 12.2. The van der Waals surface area contributed by atoms with Crippen molar-refractivity contribution >= 4 is 18.0 Å². The van der Waals surface area contributed by atoms with E-state index in [0.717, 1.165) is 13.2 Å². The second-order valence-corrected chi connectivity index (χ2v) is 6.05. The number of aliphatic hydroxyl groups is 3. The predicted octanol–water partition coefficient (Wildman–Crippen LogP) is -0.558. The number of aromatic hydroxyl groups is 2. The maximum Gasteiger partial charge on any atom is 0.338 e. The van der Waals surface area contributed by atoms with Crippen LogP contribution in [-0.4, -0.2) is 68.5 Å². The van der Waals surface area contributed by atoms with Crippen molar-refractivity contribution in [2.75, 3.05) is 7.11 Å². The van der Waals surface area contributed by atoms with Gasteiger partial charge in [0.05, 0.1) is 13.2 Å². The topological polar surface area (TPSA) is 154 Å². The van der Waals surface area contributed by atoms with Gasteiger partial charge in [0.1, 0.15) is 12.2 Å². The van der Waals surface area contributed by atoms with Crippen molar-refractivity contribution in [1.82, 2.24) is 0 Å². The van der Waals surface area contributed by atoms with E-state index in [-0.39, 0.29) is 11.5 Å². The molecule has 0 heterocycles. The third kappa shape index (κ3) is 4.31. The fourth-order valence-corrected chi connectivity index (χ4v) is 2.72. The average molecular weight is 368 g/mol. The number of phenolic OH excluding ortho intramolecular Hbond substituents is 2. The van der Waals surface area contributed by atoms with Crippen LogP contribution in [0, 0.1) is 0 Å². The molecule has 1 aromatic carbocycles. The Bertz CT molecular complexity index is 714. The Labute approximate surface area is 148 Å². The first kappa shape index (κ1) is 19.7. The van der Waals surface area contributed by atoms with E-state index in [0.29, 0.717) is 5.56 Å². The molecule has 26 heavy (non-hydrogen) atoms. The number of rotatable bonds is 4. The summed E-state index contributed by atoms with van der Waals surface area (Å²) in [5.74, 6) is -2.58. The van der Waals surface area contributed by atoms with Crippen LogP contribution in [0.2, 0.25) is 0 Å². The molecule has 0 aromatic heterocycles. The molecule has 5 N–H and O–H groups in total. The summed E-state index contributed by atoms with van der Waals surface area (Å²) in [4.78, 5) is 23.6. The lowest BCUT2D eigenvalue weighted by Gasteiger charge is -2.39. The number of hydrogen-bond acceptors (Lipinski definition) is 9. The highest BCUT2D eigenvalue weighted by Crippen LogP contribution is 2.32. The molecule has 142 valence electrons. The SMILES string of the molecule is COC(=O)[C@]1(O)CC(O)C(O)C(OC(=O)/C=C/c2ccc(O)c(O)c2)C1. The summed E-state index contributed by atoms with van der Waals surface area (Å²) in [5.41, 5.74) is -1.68. The van der Waals surface area contributed by atoms with Crippen molar-refractivity contribution in [3.8, 4) is 11.5 Å². The fraction of sp³-hybridized carbons (Fsp3) is 0.412. The molecular weight excluding hydrogens is 348 g/mol. The molecule has 2 rings (SSSR count). The Balaban J connectivity index is 2.07. The number of methoxy groups -OCH3 is 1. The van der Waals surface area contributed by atoms with Crippen molar-refractivity contribution in [2.24, 2.45) is 0 Å². The first-order valence-electron chi connectivity index (χ1n) is 7.74. The average Bonchev–Trinajstić information content (AvgIpc) is 2.59. The molecule has 1 saturated carbocycles. The highest BCUT2D eigenvalue weighted by molar-refractivity contribution is 5.87. The molecule has 0 spiro atoms.